The Morgan fingerprint density at radius 3 is 1.50 bits per heavy atom. The van der Waals surface area contributed by atoms with Gasteiger partial charge in [-0.05, 0) is 0 Å². The standard InChI is InChI=1S/CN.Au.ClH/c1-2;;/h;;1H/q-1;+2;/p-1. The summed E-state index contributed by atoms with van der Waals surface area (Å²) >= 11 is 1.75. The summed E-state index contributed by atoms with van der Waals surface area (Å²) in [4.78, 5) is 0. The van der Waals surface area contributed by atoms with Gasteiger partial charge in [-0.15, -0.1) is 0 Å². The van der Waals surface area contributed by atoms with E-state index >= 15 is 0 Å². The number of halogens is 1. The monoisotopic (exact) mass is 258 g/mol. The third-order valence-electron chi connectivity index (χ3n) is 0. The second-order valence-corrected chi connectivity index (χ2v) is 0. The van der Waals surface area contributed by atoms with Crippen LogP contribution in [0.3, 0.4) is 0 Å². The van der Waals surface area contributed by atoms with Crippen LogP contribution in [-0.2, 0) is 20.0 Å². The maximum absolute atomic E-state index is 6.25. The Labute approximate surface area is 41.3 Å². The summed E-state index contributed by atoms with van der Waals surface area (Å²) in [6.45, 7) is 4.75. The molecule has 0 unspecified atom stereocenters. The Bertz CT molecular complexity index is 12.8. The van der Waals surface area contributed by atoms with Gasteiger partial charge in [-0.1, -0.05) is 0 Å². The number of nitrogens with zero attached hydrogens (tertiary/aromatic N) is 1. The van der Waals surface area contributed by atoms with Crippen LogP contribution in [0, 0.1) is 11.8 Å². The van der Waals surface area contributed by atoms with Gasteiger partial charge in [-0.3, -0.25) is 0 Å². The molecule has 0 aromatic heterocycles. The zero-order valence-corrected chi connectivity index (χ0v) is 4.55. The van der Waals surface area contributed by atoms with E-state index in [0.29, 0.717) is 0 Å². The molecule has 27 valence electrons. The molecule has 0 amide bonds. The molecule has 0 spiro atoms. The first-order valence-corrected chi connectivity index (χ1v) is 3.02. The molecule has 0 bridgehead atoms. The van der Waals surface area contributed by atoms with Gasteiger partial charge in [0.1, 0.15) is 0 Å². The van der Waals surface area contributed by atoms with E-state index in [9.17, 15) is 0 Å². The van der Waals surface area contributed by atoms with E-state index in [0.717, 1.165) is 0 Å². The fourth-order valence-electron chi connectivity index (χ4n) is 0. The molecule has 0 N–H and O–H groups in total. The molecule has 0 saturated heterocycles. The molecular formula is CAuClN. The molecule has 4 heavy (non-hydrogen) atoms. The van der Waals surface area contributed by atoms with Crippen LogP contribution >= 0.6 is 9.19 Å². The summed E-state index contributed by atoms with van der Waals surface area (Å²) < 4.78 is 0. The molecule has 0 aliphatic heterocycles. The predicted molar refractivity (Wildman–Crippen MR) is 10.8 cm³/mol. The van der Waals surface area contributed by atoms with Crippen LogP contribution in [0.2, 0.25) is 0 Å². The Morgan fingerprint density at radius 1 is 1.50 bits per heavy atom. The first kappa shape index (κ1) is 8.82. The molecule has 0 fully saturated rings. The molecule has 3 heteroatoms. The summed E-state index contributed by atoms with van der Waals surface area (Å²) in [6.07, 6.45) is 0. The molecule has 0 atom stereocenters. The second-order valence-electron chi connectivity index (χ2n) is 0. The quantitative estimate of drug-likeness (QED) is 0.465. The second kappa shape index (κ2) is 82.6. The van der Waals surface area contributed by atoms with Gasteiger partial charge in [0.15, 0.2) is 0 Å². The van der Waals surface area contributed by atoms with Crippen LogP contribution in [0.4, 0.5) is 0 Å². The van der Waals surface area contributed by atoms with Crippen molar-refractivity contribution in [2.75, 3.05) is 0 Å². The van der Waals surface area contributed by atoms with Crippen LogP contribution in [0.15, 0.2) is 0 Å². The van der Waals surface area contributed by atoms with E-state index < -0.39 is 0 Å². The normalized spacial score (nSPS) is 2.25. The van der Waals surface area contributed by atoms with Gasteiger partial charge in [0.05, 0.1) is 0 Å². The van der Waals surface area contributed by atoms with Crippen molar-refractivity contribution in [3.8, 4) is 0 Å². The van der Waals surface area contributed by atoms with Crippen molar-refractivity contribution >= 4 is 9.19 Å². The average molecular weight is 258 g/mol. The van der Waals surface area contributed by atoms with Crippen molar-refractivity contribution in [1.29, 1.82) is 5.26 Å². The zero-order valence-electron chi connectivity index (χ0n) is 1.63. The average Bonchev–Trinajstić information content (AvgIpc) is 1.50. The van der Waals surface area contributed by atoms with E-state index in [4.69, 9.17) is 11.8 Å². The van der Waals surface area contributed by atoms with Crippen LogP contribution < -0.4 is 0 Å². The molecule has 0 heterocycles. The Hall–Kier alpha value is 0.520. The maximum atomic E-state index is 6.25. The van der Waals surface area contributed by atoms with Gasteiger partial charge in [-0.2, -0.15) is 0 Å². The SMILES string of the molecule is [C-]#N.[Cl][Au+]. The van der Waals surface area contributed by atoms with Crippen molar-refractivity contribution in [1.82, 2.24) is 0 Å². The van der Waals surface area contributed by atoms with E-state index in [2.05, 4.69) is 9.19 Å². The third kappa shape index (κ3) is 21.5. The first-order chi connectivity index (χ1) is 2.00. The van der Waals surface area contributed by atoms with Crippen molar-refractivity contribution in [2.45, 2.75) is 0 Å². The fraction of sp³-hybridized carbons (Fsp3) is 0. The topological polar surface area (TPSA) is 23.8 Å². The van der Waals surface area contributed by atoms with E-state index in [1.54, 1.807) is 20.0 Å². The van der Waals surface area contributed by atoms with Crippen molar-refractivity contribution in [3.63, 3.8) is 0 Å². The number of hydrogen-bond donors (Lipinski definition) is 0. The Balaban J connectivity index is 0. The van der Waals surface area contributed by atoms with E-state index in [1.807, 2.05) is 0 Å². The van der Waals surface area contributed by atoms with Crippen LogP contribution in [0.5, 0.6) is 0 Å². The van der Waals surface area contributed by atoms with Crippen molar-refractivity contribution in [2.24, 2.45) is 0 Å². The molecule has 0 radical (unpaired) electrons. The third-order valence-corrected chi connectivity index (χ3v) is 0. The Kier molecular flexibility index (Phi) is 182. The minimum absolute atomic E-state index is 1.75. The molecule has 0 aliphatic rings. The molecule has 1 nitrogen and oxygen atoms in total. The van der Waals surface area contributed by atoms with Crippen LogP contribution in [-0.4, -0.2) is 0 Å². The molecule has 0 aliphatic carbocycles. The van der Waals surface area contributed by atoms with Crippen molar-refractivity contribution in [3.05, 3.63) is 6.57 Å². The van der Waals surface area contributed by atoms with E-state index in [-0.39, 0.29) is 0 Å². The predicted octanol–water partition coefficient (Wildman–Crippen LogP) is 0.783. The summed E-state index contributed by atoms with van der Waals surface area (Å²) in [5, 5.41) is 6.25. The van der Waals surface area contributed by atoms with Crippen LogP contribution in [0.1, 0.15) is 0 Å². The van der Waals surface area contributed by atoms with Gasteiger partial charge >= 0.3 is 29.2 Å². The Morgan fingerprint density at radius 2 is 1.50 bits per heavy atom. The molecular weight excluding hydrogens is 258 g/mol. The number of hydrogen-bond acceptors (Lipinski definition) is 1. The molecule has 0 aromatic carbocycles. The minimum atomic E-state index is 1.75. The summed E-state index contributed by atoms with van der Waals surface area (Å²) in [7, 11) is 4.58. The first-order valence-electron chi connectivity index (χ1n) is 0.338. The van der Waals surface area contributed by atoms with Gasteiger partial charge in [-0.25, -0.2) is 0 Å². The van der Waals surface area contributed by atoms with Crippen LogP contribution in [0.25, 0.3) is 0 Å². The summed E-state index contributed by atoms with van der Waals surface area (Å²) in [5.41, 5.74) is 0. The summed E-state index contributed by atoms with van der Waals surface area (Å²) in [5.74, 6) is 0. The molecule has 0 aromatic rings. The fourth-order valence-corrected chi connectivity index (χ4v) is 0. The molecule has 0 saturated carbocycles. The van der Waals surface area contributed by atoms with Gasteiger partial charge in [0.25, 0.3) is 0 Å². The van der Waals surface area contributed by atoms with Gasteiger partial charge in [0.2, 0.25) is 0 Å². The van der Waals surface area contributed by atoms with Crippen molar-refractivity contribution < 1.29 is 20.0 Å². The molecule has 0 rings (SSSR count). The van der Waals surface area contributed by atoms with Gasteiger partial charge in [0, 0.05) is 0 Å². The summed E-state index contributed by atoms with van der Waals surface area (Å²) in [6, 6.07) is 0. The number of rotatable bonds is 0. The zero-order chi connectivity index (χ0) is 4.00. The van der Waals surface area contributed by atoms with Gasteiger partial charge < -0.3 is 11.8 Å². The van der Waals surface area contributed by atoms with E-state index in [1.165, 1.54) is 0 Å².